The smallest absolute Gasteiger partial charge is 0.325 e. The molecule has 10 nitrogen and oxygen atoms in total. The number of β-amino-alcohol motifs (C(OH)–C–C–N with tert-alkyl or cyclic N) is 1. The molecule has 1 aliphatic heterocycles. The highest BCUT2D eigenvalue weighted by molar-refractivity contribution is 6.30. The molecule has 1 aromatic heterocycles. The minimum atomic E-state index is -0.800. The highest BCUT2D eigenvalue weighted by Gasteiger charge is 2.18. The fraction of sp³-hybridized carbons (Fsp3) is 0.303. The monoisotopic (exact) mass is 636 g/mol. The molecule has 0 saturated carbocycles. The largest absolute Gasteiger partial charge is 0.493 e. The van der Waals surface area contributed by atoms with E-state index in [1.807, 2.05) is 0 Å². The van der Waals surface area contributed by atoms with Gasteiger partial charge in [-0.2, -0.15) is 0 Å². The van der Waals surface area contributed by atoms with E-state index in [0.29, 0.717) is 45.3 Å². The van der Waals surface area contributed by atoms with Crippen LogP contribution >= 0.6 is 11.6 Å². The van der Waals surface area contributed by atoms with Crippen LogP contribution < -0.4 is 24.8 Å². The number of rotatable bonds is 11. The van der Waals surface area contributed by atoms with Crippen LogP contribution in [0.4, 0.5) is 14.9 Å². The average molecular weight is 637 g/mol. The van der Waals surface area contributed by atoms with Crippen molar-refractivity contribution in [2.45, 2.75) is 31.8 Å². The number of hydrogen-bond donors (Lipinski definition) is 3. The molecular formula is C33H34ClFN4O6. The zero-order valence-electron chi connectivity index (χ0n) is 24.7. The number of benzene rings is 3. The van der Waals surface area contributed by atoms with Gasteiger partial charge < -0.3 is 29.5 Å². The maximum absolute atomic E-state index is 15.1. The van der Waals surface area contributed by atoms with Crippen LogP contribution in [0.25, 0.3) is 10.9 Å². The Morgan fingerprint density at radius 3 is 2.51 bits per heavy atom. The number of likely N-dealkylation sites (tertiary alicyclic amines) is 1. The summed E-state index contributed by atoms with van der Waals surface area (Å²) in [5.74, 6) is -0.217. The summed E-state index contributed by atoms with van der Waals surface area (Å²) in [5.41, 5.74) is 1.33. The fourth-order valence-corrected chi connectivity index (χ4v) is 5.20. The lowest BCUT2D eigenvalue weighted by Gasteiger charge is -2.28. The first-order chi connectivity index (χ1) is 21.8. The van der Waals surface area contributed by atoms with E-state index in [2.05, 4.69) is 20.5 Å². The van der Waals surface area contributed by atoms with Crippen LogP contribution in [0, 0.1) is 5.82 Å². The third-order valence-electron chi connectivity index (χ3n) is 7.28. The van der Waals surface area contributed by atoms with Gasteiger partial charge in [0.1, 0.15) is 18.5 Å². The zero-order chi connectivity index (χ0) is 31.8. The van der Waals surface area contributed by atoms with Crippen LogP contribution in [0.2, 0.25) is 5.02 Å². The van der Waals surface area contributed by atoms with E-state index in [0.717, 1.165) is 32.0 Å². The van der Waals surface area contributed by atoms with Crippen molar-refractivity contribution in [2.75, 3.05) is 38.7 Å². The number of methoxy groups -OCH3 is 1. The Morgan fingerprint density at radius 1 is 1.00 bits per heavy atom. The molecule has 45 heavy (non-hydrogen) atoms. The highest BCUT2D eigenvalue weighted by Crippen LogP contribution is 2.38. The molecule has 0 aliphatic carbocycles. The lowest BCUT2D eigenvalue weighted by Crippen LogP contribution is -2.38. The predicted octanol–water partition coefficient (Wildman–Crippen LogP) is 5.94. The van der Waals surface area contributed by atoms with Crippen LogP contribution in [0.3, 0.4) is 0 Å². The Hall–Kier alpha value is -4.45. The van der Waals surface area contributed by atoms with E-state index in [9.17, 15) is 14.7 Å². The molecule has 3 aromatic carbocycles. The number of pyridine rings is 1. The lowest BCUT2D eigenvalue weighted by atomic mass is 10.1. The SMILES string of the molecule is COc1cc2c(Oc3ccc(NC(=O)NC(=O)Cc4ccc(Cl)cc4)cc3F)ccnc2cc1OCC(O)CN1CCCCC1. The number of imide groups is 1. The number of aliphatic hydroxyl groups is 1. The molecule has 3 amide bonds. The summed E-state index contributed by atoms with van der Waals surface area (Å²) in [5, 5.41) is 16.3. The first kappa shape index (κ1) is 32.0. The molecular weight excluding hydrogens is 603 g/mol. The van der Waals surface area contributed by atoms with Crippen molar-refractivity contribution in [3.63, 3.8) is 0 Å². The third-order valence-corrected chi connectivity index (χ3v) is 7.53. The standard InChI is InChI=1S/C33H34ClFN4O6/c1-43-30-17-25-27(18-31(30)44-20-24(40)19-39-13-3-2-4-14-39)36-12-11-28(25)45-29-10-9-23(16-26(29)35)37-33(42)38-32(41)15-21-5-7-22(34)8-6-21/h5-12,16-18,24,40H,2-4,13-15,19-20H2,1H3,(H2,37,38,41,42). The van der Waals surface area contributed by atoms with Gasteiger partial charge >= 0.3 is 6.03 Å². The van der Waals surface area contributed by atoms with E-state index in [1.165, 1.54) is 31.9 Å². The quantitative estimate of drug-likeness (QED) is 0.185. The van der Waals surface area contributed by atoms with Gasteiger partial charge in [-0.15, -0.1) is 0 Å². The van der Waals surface area contributed by atoms with Gasteiger partial charge in [-0.3, -0.25) is 15.1 Å². The molecule has 1 unspecified atom stereocenters. The Labute approximate surface area is 265 Å². The summed E-state index contributed by atoms with van der Waals surface area (Å²) in [6.45, 7) is 2.59. The topological polar surface area (TPSA) is 122 Å². The molecule has 0 radical (unpaired) electrons. The van der Waals surface area contributed by atoms with Crippen LogP contribution in [-0.4, -0.2) is 66.4 Å². The molecule has 1 aliphatic rings. The van der Waals surface area contributed by atoms with Gasteiger partial charge in [0.25, 0.3) is 0 Å². The number of ether oxygens (including phenoxy) is 3. The van der Waals surface area contributed by atoms with Crippen LogP contribution in [0.15, 0.2) is 66.9 Å². The summed E-state index contributed by atoms with van der Waals surface area (Å²) in [4.78, 5) is 31.1. The molecule has 4 aromatic rings. The van der Waals surface area contributed by atoms with Crippen molar-refractivity contribution in [3.05, 3.63) is 83.3 Å². The molecule has 0 bridgehead atoms. The number of aliphatic hydroxyl groups excluding tert-OH is 1. The first-order valence-corrected chi connectivity index (χ1v) is 15.0. The Bertz CT molecular complexity index is 1650. The number of nitrogens with one attached hydrogen (secondary N) is 2. The minimum absolute atomic E-state index is 0.0231. The summed E-state index contributed by atoms with van der Waals surface area (Å²) in [6.07, 6.45) is 4.34. The number of urea groups is 1. The molecule has 1 fully saturated rings. The van der Waals surface area contributed by atoms with Crippen molar-refractivity contribution < 1.29 is 33.3 Å². The molecule has 1 saturated heterocycles. The predicted molar refractivity (Wildman–Crippen MR) is 169 cm³/mol. The van der Waals surface area contributed by atoms with Crippen molar-refractivity contribution >= 4 is 40.1 Å². The molecule has 0 spiro atoms. The molecule has 1 atom stereocenters. The van der Waals surface area contributed by atoms with Gasteiger partial charge in [0.05, 0.1) is 19.0 Å². The van der Waals surface area contributed by atoms with E-state index in [-0.39, 0.29) is 24.5 Å². The minimum Gasteiger partial charge on any atom is -0.493 e. The normalized spacial score (nSPS) is 14.0. The number of aromatic nitrogens is 1. The van der Waals surface area contributed by atoms with Gasteiger partial charge in [0.15, 0.2) is 23.1 Å². The average Bonchev–Trinajstić information content (AvgIpc) is 3.02. The van der Waals surface area contributed by atoms with Gasteiger partial charge in [-0.1, -0.05) is 30.2 Å². The Balaban J connectivity index is 1.21. The second-order valence-corrected chi connectivity index (χ2v) is 11.1. The molecule has 2 heterocycles. The first-order valence-electron chi connectivity index (χ1n) is 14.6. The van der Waals surface area contributed by atoms with Gasteiger partial charge in [0.2, 0.25) is 5.91 Å². The number of anilines is 1. The Kier molecular flexibility index (Phi) is 10.7. The molecule has 5 rings (SSSR count). The Morgan fingerprint density at radius 2 is 1.78 bits per heavy atom. The van der Waals surface area contributed by atoms with Crippen LogP contribution in [0.5, 0.6) is 23.0 Å². The van der Waals surface area contributed by atoms with Crippen LogP contribution in [0.1, 0.15) is 24.8 Å². The van der Waals surface area contributed by atoms with Gasteiger partial charge in [0, 0.05) is 41.0 Å². The summed E-state index contributed by atoms with van der Waals surface area (Å²) < 4.78 is 32.4. The van der Waals surface area contributed by atoms with Crippen molar-refractivity contribution in [3.8, 4) is 23.0 Å². The van der Waals surface area contributed by atoms with E-state index in [4.69, 9.17) is 25.8 Å². The molecule has 236 valence electrons. The van der Waals surface area contributed by atoms with Crippen molar-refractivity contribution in [2.24, 2.45) is 0 Å². The lowest BCUT2D eigenvalue weighted by molar-refractivity contribution is -0.119. The van der Waals surface area contributed by atoms with Crippen molar-refractivity contribution in [1.82, 2.24) is 15.2 Å². The van der Waals surface area contributed by atoms with E-state index >= 15 is 4.39 Å². The summed E-state index contributed by atoms with van der Waals surface area (Å²) in [7, 11) is 1.50. The number of carbonyl (C=O) groups is 2. The number of nitrogens with zero attached hydrogens (tertiary/aromatic N) is 2. The van der Waals surface area contributed by atoms with Crippen LogP contribution in [-0.2, 0) is 11.2 Å². The number of fused-ring (bicyclic) bond motifs is 1. The number of amides is 3. The number of piperidine rings is 1. The summed E-state index contributed by atoms with van der Waals surface area (Å²) >= 11 is 5.85. The van der Waals surface area contributed by atoms with E-state index in [1.54, 1.807) is 42.5 Å². The molecule has 3 N–H and O–H groups in total. The molecule has 12 heteroatoms. The number of halogens is 2. The third kappa shape index (κ3) is 8.81. The fourth-order valence-electron chi connectivity index (χ4n) is 5.07. The second-order valence-electron chi connectivity index (χ2n) is 10.7. The van der Waals surface area contributed by atoms with Crippen molar-refractivity contribution in [1.29, 1.82) is 0 Å². The number of carbonyl (C=O) groups excluding carboxylic acids is 2. The zero-order valence-corrected chi connectivity index (χ0v) is 25.5. The summed E-state index contributed by atoms with van der Waals surface area (Å²) in [6, 6.07) is 14.7. The maximum Gasteiger partial charge on any atom is 0.325 e. The highest BCUT2D eigenvalue weighted by atomic mass is 35.5. The second kappa shape index (κ2) is 15.0. The van der Waals surface area contributed by atoms with E-state index < -0.39 is 23.9 Å². The van der Waals surface area contributed by atoms with Gasteiger partial charge in [-0.25, -0.2) is 9.18 Å². The maximum atomic E-state index is 15.1. The number of hydrogen-bond acceptors (Lipinski definition) is 8. The van der Waals surface area contributed by atoms with Gasteiger partial charge in [-0.05, 0) is 67.9 Å².